The van der Waals surface area contributed by atoms with Crippen molar-refractivity contribution in [3.8, 4) is 0 Å². The molecule has 1 N–H and O–H groups in total. The highest BCUT2D eigenvalue weighted by Crippen LogP contribution is 2.24. The van der Waals surface area contributed by atoms with Crippen LogP contribution in [0.25, 0.3) is 0 Å². The molecule has 1 aliphatic rings. The van der Waals surface area contributed by atoms with Crippen LogP contribution >= 0.6 is 11.6 Å². The molecule has 0 aliphatic heterocycles. The molecule has 1 aliphatic carbocycles. The third-order valence-electron chi connectivity index (χ3n) is 4.09. The molecule has 7 heteroatoms. The van der Waals surface area contributed by atoms with Crippen LogP contribution in [-0.4, -0.2) is 40.3 Å². The number of carbonyl (C=O) groups excluding carboxylic acids is 2. The first-order valence-corrected chi connectivity index (χ1v) is 8.55. The molecule has 128 valence electrons. The van der Waals surface area contributed by atoms with Crippen molar-refractivity contribution in [3.05, 3.63) is 11.8 Å². The molecule has 0 unspecified atom stereocenters. The van der Waals surface area contributed by atoms with Gasteiger partial charge in [-0.2, -0.15) is 0 Å². The lowest BCUT2D eigenvalue weighted by molar-refractivity contribution is -0.134. The molecular weight excluding hydrogens is 318 g/mol. The maximum Gasteiger partial charge on any atom is 0.245 e. The van der Waals surface area contributed by atoms with Gasteiger partial charge in [-0.25, -0.2) is 0 Å². The number of aryl methyl sites for hydroxylation is 1. The standard InChI is InChI=1S/C16H24ClN3O3/c1-11-8-14(19-23-11)18-15(21)10-20(16(22)12(2)17)9-13-6-4-3-5-7-13/h8,12-13H,3-7,9-10H2,1-2H3,(H,18,19,21)/t12-/m1/s1. The van der Waals surface area contributed by atoms with Gasteiger partial charge in [0.1, 0.15) is 11.1 Å². The van der Waals surface area contributed by atoms with Crippen molar-refractivity contribution in [3.63, 3.8) is 0 Å². The highest BCUT2D eigenvalue weighted by molar-refractivity contribution is 6.30. The minimum absolute atomic E-state index is 0.0156. The molecule has 0 bridgehead atoms. The molecule has 1 atom stereocenters. The highest BCUT2D eigenvalue weighted by atomic mass is 35.5. The van der Waals surface area contributed by atoms with E-state index in [4.69, 9.17) is 16.1 Å². The molecule has 0 aromatic carbocycles. The number of nitrogens with one attached hydrogen (secondary N) is 1. The summed E-state index contributed by atoms with van der Waals surface area (Å²) in [5, 5.41) is 5.73. The molecule has 1 fully saturated rings. The zero-order chi connectivity index (χ0) is 16.8. The van der Waals surface area contributed by atoms with Crippen LogP contribution in [0, 0.1) is 12.8 Å². The number of alkyl halides is 1. The third-order valence-corrected chi connectivity index (χ3v) is 4.27. The van der Waals surface area contributed by atoms with E-state index in [1.54, 1.807) is 24.8 Å². The number of nitrogens with zero attached hydrogens (tertiary/aromatic N) is 2. The molecule has 6 nitrogen and oxygen atoms in total. The molecule has 1 saturated carbocycles. The van der Waals surface area contributed by atoms with Gasteiger partial charge in [-0.05, 0) is 32.6 Å². The Balaban J connectivity index is 1.95. The average molecular weight is 342 g/mol. The fourth-order valence-corrected chi connectivity index (χ4v) is 3.08. The van der Waals surface area contributed by atoms with Crippen LogP contribution in [-0.2, 0) is 9.59 Å². The second-order valence-corrected chi connectivity index (χ2v) is 6.86. The van der Waals surface area contributed by atoms with Crippen molar-refractivity contribution < 1.29 is 14.1 Å². The second kappa shape index (κ2) is 8.34. The molecule has 1 aromatic heterocycles. The van der Waals surface area contributed by atoms with E-state index in [0.29, 0.717) is 24.0 Å². The molecule has 1 heterocycles. The van der Waals surface area contributed by atoms with Crippen LogP contribution in [0.3, 0.4) is 0 Å². The third kappa shape index (κ3) is 5.53. The normalized spacial score (nSPS) is 16.8. The fraction of sp³-hybridized carbons (Fsp3) is 0.688. The number of rotatable bonds is 6. The Morgan fingerprint density at radius 1 is 1.43 bits per heavy atom. The number of halogens is 1. The maximum absolute atomic E-state index is 12.3. The van der Waals surface area contributed by atoms with Gasteiger partial charge in [0, 0.05) is 12.6 Å². The Labute approximate surface area is 141 Å². The van der Waals surface area contributed by atoms with E-state index in [1.165, 1.54) is 19.3 Å². The first-order chi connectivity index (χ1) is 11.0. The highest BCUT2D eigenvalue weighted by Gasteiger charge is 2.25. The predicted octanol–water partition coefficient (Wildman–Crippen LogP) is 2.96. The summed E-state index contributed by atoms with van der Waals surface area (Å²) >= 11 is 5.94. The monoisotopic (exact) mass is 341 g/mol. The summed E-state index contributed by atoms with van der Waals surface area (Å²) in [6.45, 7) is 3.95. The van der Waals surface area contributed by atoms with Crippen molar-refractivity contribution >= 4 is 29.2 Å². The topological polar surface area (TPSA) is 75.4 Å². The van der Waals surface area contributed by atoms with Gasteiger partial charge in [0.15, 0.2) is 5.82 Å². The minimum Gasteiger partial charge on any atom is -0.360 e. The van der Waals surface area contributed by atoms with E-state index in [-0.39, 0.29) is 18.4 Å². The van der Waals surface area contributed by atoms with Crippen LogP contribution in [0.1, 0.15) is 44.8 Å². The Hall–Kier alpha value is -1.56. The Bertz CT molecular complexity index is 538. The van der Waals surface area contributed by atoms with Gasteiger partial charge in [0.2, 0.25) is 11.8 Å². The summed E-state index contributed by atoms with van der Waals surface area (Å²) in [7, 11) is 0. The number of aromatic nitrogens is 1. The first kappa shape index (κ1) is 17.8. The first-order valence-electron chi connectivity index (χ1n) is 8.11. The Kier molecular flexibility index (Phi) is 6.45. The number of hydrogen-bond acceptors (Lipinski definition) is 4. The SMILES string of the molecule is Cc1cc(NC(=O)CN(CC2CCCCC2)C(=O)[C@@H](C)Cl)no1. The van der Waals surface area contributed by atoms with Gasteiger partial charge in [0.05, 0.1) is 6.54 Å². The van der Waals surface area contributed by atoms with Gasteiger partial charge >= 0.3 is 0 Å². The summed E-state index contributed by atoms with van der Waals surface area (Å²) in [6.07, 6.45) is 5.83. The van der Waals surface area contributed by atoms with Crippen molar-refractivity contribution in [1.29, 1.82) is 0 Å². The lowest BCUT2D eigenvalue weighted by Crippen LogP contribution is -2.44. The fourth-order valence-electron chi connectivity index (χ4n) is 2.95. The number of carbonyl (C=O) groups is 2. The van der Waals surface area contributed by atoms with Crippen LogP contribution in [0.2, 0.25) is 0 Å². The van der Waals surface area contributed by atoms with Gasteiger partial charge in [0.25, 0.3) is 0 Å². The predicted molar refractivity (Wildman–Crippen MR) is 88.3 cm³/mol. The van der Waals surface area contributed by atoms with E-state index < -0.39 is 5.38 Å². The summed E-state index contributed by atoms with van der Waals surface area (Å²) in [5.74, 6) is 0.926. The van der Waals surface area contributed by atoms with Crippen molar-refractivity contribution in [2.75, 3.05) is 18.4 Å². The summed E-state index contributed by atoms with van der Waals surface area (Å²) in [6, 6.07) is 1.63. The zero-order valence-corrected chi connectivity index (χ0v) is 14.4. The van der Waals surface area contributed by atoms with E-state index in [1.807, 2.05) is 0 Å². The largest absolute Gasteiger partial charge is 0.360 e. The van der Waals surface area contributed by atoms with Crippen LogP contribution in [0.4, 0.5) is 5.82 Å². The number of anilines is 1. The Morgan fingerprint density at radius 2 is 2.13 bits per heavy atom. The zero-order valence-electron chi connectivity index (χ0n) is 13.7. The smallest absolute Gasteiger partial charge is 0.245 e. The van der Waals surface area contributed by atoms with Gasteiger partial charge < -0.3 is 14.7 Å². The molecule has 1 aromatic rings. The molecular formula is C16H24ClN3O3. The van der Waals surface area contributed by atoms with Crippen LogP contribution in [0.15, 0.2) is 10.6 Å². The molecule has 0 saturated heterocycles. The van der Waals surface area contributed by atoms with Crippen LogP contribution < -0.4 is 5.32 Å². The lowest BCUT2D eigenvalue weighted by Gasteiger charge is -2.30. The average Bonchev–Trinajstić information content (AvgIpc) is 2.91. The van der Waals surface area contributed by atoms with E-state index in [0.717, 1.165) is 12.8 Å². The summed E-state index contributed by atoms with van der Waals surface area (Å²) < 4.78 is 4.91. The Morgan fingerprint density at radius 3 is 2.70 bits per heavy atom. The van der Waals surface area contributed by atoms with Crippen molar-refractivity contribution in [2.24, 2.45) is 5.92 Å². The quantitative estimate of drug-likeness (QED) is 0.807. The molecule has 23 heavy (non-hydrogen) atoms. The van der Waals surface area contributed by atoms with Crippen molar-refractivity contribution in [1.82, 2.24) is 10.1 Å². The van der Waals surface area contributed by atoms with Gasteiger partial charge in [-0.15, -0.1) is 11.6 Å². The molecule has 2 amide bonds. The minimum atomic E-state index is -0.638. The molecule has 0 radical (unpaired) electrons. The number of hydrogen-bond donors (Lipinski definition) is 1. The van der Waals surface area contributed by atoms with E-state index in [2.05, 4.69) is 10.5 Å². The molecule has 2 rings (SSSR count). The van der Waals surface area contributed by atoms with Gasteiger partial charge in [-0.1, -0.05) is 24.4 Å². The lowest BCUT2D eigenvalue weighted by atomic mass is 9.89. The van der Waals surface area contributed by atoms with Gasteiger partial charge in [-0.3, -0.25) is 9.59 Å². The van der Waals surface area contributed by atoms with E-state index >= 15 is 0 Å². The number of amides is 2. The summed E-state index contributed by atoms with van der Waals surface area (Å²) in [5.41, 5.74) is 0. The van der Waals surface area contributed by atoms with Crippen molar-refractivity contribution in [2.45, 2.75) is 51.3 Å². The van der Waals surface area contributed by atoms with E-state index in [9.17, 15) is 9.59 Å². The molecule has 0 spiro atoms. The summed E-state index contributed by atoms with van der Waals surface area (Å²) in [4.78, 5) is 26.0. The maximum atomic E-state index is 12.3. The second-order valence-electron chi connectivity index (χ2n) is 6.21. The van der Waals surface area contributed by atoms with Crippen LogP contribution in [0.5, 0.6) is 0 Å².